The minimum Gasteiger partial charge on any atom is -0.357 e. The van der Waals surface area contributed by atoms with Crippen LogP contribution in [0.1, 0.15) is 22.4 Å². The largest absolute Gasteiger partial charge is 0.357 e. The van der Waals surface area contributed by atoms with E-state index in [4.69, 9.17) is 0 Å². The van der Waals surface area contributed by atoms with E-state index in [0.29, 0.717) is 5.95 Å². The molecule has 0 fully saturated rings. The summed E-state index contributed by atoms with van der Waals surface area (Å²) in [5, 5.41) is 3.00. The Bertz CT molecular complexity index is 589. The van der Waals surface area contributed by atoms with E-state index in [1.165, 1.54) is 22.3 Å². The molecule has 0 bridgehead atoms. The van der Waals surface area contributed by atoms with Gasteiger partial charge in [0.1, 0.15) is 0 Å². The lowest BCUT2D eigenvalue weighted by molar-refractivity contribution is 1.09. The van der Waals surface area contributed by atoms with Crippen molar-refractivity contribution in [2.75, 3.05) is 12.4 Å². The van der Waals surface area contributed by atoms with Crippen LogP contribution >= 0.6 is 0 Å². The molecule has 0 unspecified atom stereocenters. The van der Waals surface area contributed by atoms with E-state index in [0.717, 1.165) is 11.4 Å². The molecule has 18 heavy (non-hydrogen) atoms. The summed E-state index contributed by atoms with van der Waals surface area (Å²) in [4.78, 5) is 8.86. The second-order valence-electron chi connectivity index (χ2n) is 4.65. The molecule has 1 heterocycles. The van der Waals surface area contributed by atoms with Gasteiger partial charge in [-0.2, -0.15) is 0 Å². The Morgan fingerprint density at radius 3 is 2.33 bits per heavy atom. The lowest BCUT2D eigenvalue weighted by Crippen LogP contribution is -2.00. The maximum atomic E-state index is 4.53. The molecule has 0 aliphatic heterocycles. The number of hydrogen-bond donors (Lipinski definition) is 1. The number of nitrogens with one attached hydrogen (secondary N) is 1. The Hall–Kier alpha value is -1.90. The minimum atomic E-state index is 0.669. The van der Waals surface area contributed by atoms with Crippen molar-refractivity contribution in [1.29, 1.82) is 0 Å². The molecule has 1 aromatic carbocycles. The maximum Gasteiger partial charge on any atom is 0.223 e. The topological polar surface area (TPSA) is 37.8 Å². The molecule has 2 aromatic rings. The maximum absolute atomic E-state index is 4.53. The summed E-state index contributed by atoms with van der Waals surface area (Å²) in [5.41, 5.74) is 7.07. The fraction of sp³-hybridized carbons (Fsp3) is 0.333. The summed E-state index contributed by atoms with van der Waals surface area (Å²) in [6.07, 6.45) is 0. The highest BCUT2D eigenvalue weighted by atomic mass is 15.1. The van der Waals surface area contributed by atoms with Gasteiger partial charge < -0.3 is 5.32 Å². The van der Waals surface area contributed by atoms with Crippen molar-refractivity contribution in [1.82, 2.24) is 9.97 Å². The second-order valence-corrected chi connectivity index (χ2v) is 4.65. The summed E-state index contributed by atoms with van der Waals surface area (Å²) in [6.45, 7) is 8.42. The van der Waals surface area contributed by atoms with Crippen LogP contribution < -0.4 is 5.32 Å². The van der Waals surface area contributed by atoms with Crippen molar-refractivity contribution in [2.24, 2.45) is 0 Å². The number of hydrogen-bond acceptors (Lipinski definition) is 3. The molecule has 0 aliphatic rings. The lowest BCUT2D eigenvalue weighted by Gasteiger charge is -2.12. The molecule has 0 saturated carbocycles. The third-order valence-electron chi connectivity index (χ3n) is 3.41. The Morgan fingerprint density at radius 2 is 1.67 bits per heavy atom. The quantitative estimate of drug-likeness (QED) is 0.875. The van der Waals surface area contributed by atoms with Gasteiger partial charge in [-0.25, -0.2) is 9.97 Å². The van der Waals surface area contributed by atoms with E-state index in [2.05, 4.69) is 48.2 Å². The van der Waals surface area contributed by atoms with Crippen LogP contribution in [-0.4, -0.2) is 17.0 Å². The molecular weight excluding hydrogens is 222 g/mol. The Morgan fingerprint density at radius 1 is 0.944 bits per heavy atom. The van der Waals surface area contributed by atoms with Crippen LogP contribution in [0, 0.1) is 27.7 Å². The first-order valence-electron chi connectivity index (χ1n) is 6.13. The van der Waals surface area contributed by atoms with Crippen LogP contribution in [0.4, 0.5) is 5.95 Å². The van der Waals surface area contributed by atoms with E-state index in [1.807, 2.05) is 20.0 Å². The monoisotopic (exact) mass is 241 g/mol. The average molecular weight is 241 g/mol. The molecule has 1 aromatic heterocycles. The Balaban J connectivity index is 2.62. The first kappa shape index (κ1) is 12.6. The zero-order valence-corrected chi connectivity index (χ0v) is 11.6. The molecule has 0 spiro atoms. The molecular formula is C15H19N3. The van der Waals surface area contributed by atoms with Gasteiger partial charge in [-0.3, -0.25) is 0 Å². The molecule has 1 N–H and O–H groups in total. The smallest absolute Gasteiger partial charge is 0.223 e. The fourth-order valence-corrected chi connectivity index (χ4v) is 2.05. The first-order chi connectivity index (χ1) is 8.52. The van der Waals surface area contributed by atoms with Crippen molar-refractivity contribution in [3.63, 3.8) is 0 Å². The average Bonchev–Trinajstić information content (AvgIpc) is 2.35. The zero-order valence-electron chi connectivity index (χ0n) is 11.6. The Kier molecular flexibility index (Phi) is 3.32. The summed E-state index contributed by atoms with van der Waals surface area (Å²) in [5.74, 6) is 0.669. The zero-order chi connectivity index (χ0) is 13.3. The van der Waals surface area contributed by atoms with Crippen LogP contribution in [0.5, 0.6) is 0 Å². The molecule has 3 nitrogen and oxygen atoms in total. The van der Waals surface area contributed by atoms with E-state index in [1.54, 1.807) is 0 Å². The van der Waals surface area contributed by atoms with E-state index in [-0.39, 0.29) is 0 Å². The summed E-state index contributed by atoms with van der Waals surface area (Å²) in [6, 6.07) is 6.31. The first-order valence-corrected chi connectivity index (χ1v) is 6.13. The van der Waals surface area contributed by atoms with Gasteiger partial charge in [0.2, 0.25) is 5.95 Å². The lowest BCUT2D eigenvalue weighted by atomic mass is 9.97. The number of aryl methyl sites for hydroxylation is 2. The van der Waals surface area contributed by atoms with Crippen LogP contribution in [-0.2, 0) is 0 Å². The number of anilines is 1. The van der Waals surface area contributed by atoms with Gasteiger partial charge in [0.05, 0.1) is 5.69 Å². The van der Waals surface area contributed by atoms with Crippen molar-refractivity contribution in [3.8, 4) is 11.3 Å². The Labute approximate surface area is 108 Å². The van der Waals surface area contributed by atoms with Gasteiger partial charge in [0.25, 0.3) is 0 Å². The highest BCUT2D eigenvalue weighted by Gasteiger charge is 2.09. The van der Waals surface area contributed by atoms with Crippen LogP contribution in [0.25, 0.3) is 11.3 Å². The molecule has 94 valence electrons. The van der Waals surface area contributed by atoms with Gasteiger partial charge in [-0.15, -0.1) is 0 Å². The molecule has 0 atom stereocenters. The molecule has 2 rings (SSSR count). The molecule has 0 radical (unpaired) electrons. The normalized spacial score (nSPS) is 10.5. The summed E-state index contributed by atoms with van der Waals surface area (Å²) < 4.78 is 0. The standard InChI is InChI=1S/C15H19N3/c1-9-6-7-13(12(4)11(9)3)14-8-10(2)17-15(16-5)18-14/h6-8H,1-5H3,(H,16,17,18). The predicted molar refractivity (Wildman–Crippen MR) is 76.0 cm³/mol. The van der Waals surface area contributed by atoms with Gasteiger partial charge in [0.15, 0.2) is 0 Å². The fourth-order valence-electron chi connectivity index (χ4n) is 2.05. The van der Waals surface area contributed by atoms with Crippen molar-refractivity contribution < 1.29 is 0 Å². The summed E-state index contributed by atoms with van der Waals surface area (Å²) >= 11 is 0. The van der Waals surface area contributed by atoms with Crippen LogP contribution in [0.2, 0.25) is 0 Å². The van der Waals surface area contributed by atoms with Gasteiger partial charge in [-0.05, 0) is 50.5 Å². The summed E-state index contributed by atoms with van der Waals surface area (Å²) in [7, 11) is 1.84. The SMILES string of the molecule is CNc1nc(C)cc(-c2ccc(C)c(C)c2C)n1. The van der Waals surface area contributed by atoms with Crippen LogP contribution in [0.15, 0.2) is 18.2 Å². The number of nitrogens with zero attached hydrogens (tertiary/aromatic N) is 2. The predicted octanol–water partition coefficient (Wildman–Crippen LogP) is 3.42. The number of rotatable bonds is 2. The number of benzene rings is 1. The molecule has 0 amide bonds. The van der Waals surface area contributed by atoms with Crippen molar-refractivity contribution >= 4 is 5.95 Å². The molecule has 0 aliphatic carbocycles. The van der Waals surface area contributed by atoms with E-state index < -0.39 is 0 Å². The van der Waals surface area contributed by atoms with Crippen LogP contribution in [0.3, 0.4) is 0 Å². The van der Waals surface area contributed by atoms with Gasteiger partial charge in [-0.1, -0.05) is 12.1 Å². The number of aromatic nitrogens is 2. The van der Waals surface area contributed by atoms with Crippen molar-refractivity contribution in [3.05, 3.63) is 40.6 Å². The minimum absolute atomic E-state index is 0.669. The van der Waals surface area contributed by atoms with Crippen molar-refractivity contribution in [2.45, 2.75) is 27.7 Å². The second kappa shape index (κ2) is 4.77. The van der Waals surface area contributed by atoms with E-state index >= 15 is 0 Å². The van der Waals surface area contributed by atoms with Gasteiger partial charge in [0, 0.05) is 18.3 Å². The molecule has 3 heteroatoms. The highest BCUT2D eigenvalue weighted by molar-refractivity contribution is 5.67. The highest BCUT2D eigenvalue weighted by Crippen LogP contribution is 2.26. The van der Waals surface area contributed by atoms with Gasteiger partial charge >= 0.3 is 0 Å². The third kappa shape index (κ3) is 2.21. The third-order valence-corrected chi connectivity index (χ3v) is 3.41. The molecule has 0 saturated heterocycles. The van der Waals surface area contributed by atoms with E-state index in [9.17, 15) is 0 Å².